The summed E-state index contributed by atoms with van der Waals surface area (Å²) in [6.45, 7) is 2.18. The van der Waals surface area contributed by atoms with Gasteiger partial charge in [-0.1, -0.05) is 11.6 Å². The molecule has 132 valence electrons. The third kappa shape index (κ3) is 2.74. The number of H-pyrrole nitrogens is 1. The lowest BCUT2D eigenvalue weighted by atomic mass is 10.1. The summed E-state index contributed by atoms with van der Waals surface area (Å²) in [4.78, 5) is 18.7. The quantitative estimate of drug-likeness (QED) is 0.850. The molecular weight excluding hydrogens is 366 g/mol. The summed E-state index contributed by atoms with van der Waals surface area (Å²) in [7, 11) is -3.77. The maximum atomic E-state index is 13.0. The van der Waals surface area contributed by atoms with Crippen molar-refractivity contribution in [1.29, 1.82) is 0 Å². The van der Waals surface area contributed by atoms with Gasteiger partial charge in [0.25, 0.3) is 5.56 Å². The average Bonchev–Trinajstić information content (AvgIpc) is 2.96. The summed E-state index contributed by atoms with van der Waals surface area (Å²) >= 11 is 6.22. The van der Waals surface area contributed by atoms with Crippen molar-refractivity contribution in [3.63, 3.8) is 0 Å². The molecule has 0 spiro atoms. The highest BCUT2D eigenvalue weighted by Crippen LogP contribution is 2.38. The van der Waals surface area contributed by atoms with Crippen LogP contribution in [0.25, 0.3) is 0 Å². The Hall–Kier alpha value is -1.90. The number of hydrogen-bond acceptors (Lipinski definition) is 5. The fourth-order valence-corrected chi connectivity index (χ4v) is 5.13. The van der Waals surface area contributed by atoms with Gasteiger partial charge in [-0.05, 0) is 19.1 Å². The maximum Gasteiger partial charge on any atom is 0.255 e. The Morgan fingerprint density at radius 1 is 1.40 bits per heavy atom. The van der Waals surface area contributed by atoms with Crippen molar-refractivity contribution < 1.29 is 13.2 Å². The molecule has 1 aromatic heterocycles. The summed E-state index contributed by atoms with van der Waals surface area (Å²) < 4.78 is 33.0. The second-order valence-corrected chi connectivity index (χ2v) is 8.62. The number of ether oxygens (including phenoxy) is 1. The molecule has 0 saturated heterocycles. The molecule has 0 amide bonds. The van der Waals surface area contributed by atoms with E-state index < -0.39 is 10.0 Å². The zero-order chi connectivity index (χ0) is 17.8. The van der Waals surface area contributed by atoms with E-state index >= 15 is 0 Å². The molecule has 3 heterocycles. The minimum Gasteiger partial charge on any atom is -0.489 e. The van der Waals surface area contributed by atoms with E-state index in [1.54, 1.807) is 6.07 Å². The summed E-state index contributed by atoms with van der Waals surface area (Å²) in [5.74, 6) is 0.553. The van der Waals surface area contributed by atoms with Crippen molar-refractivity contribution in [3.8, 4) is 5.75 Å². The van der Waals surface area contributed by atoms with Gasteiger partial charge < -0.3 is 9.72 Å². The van der Waals surface area contributed by atoms with Crippen LogP contribution in [-0.2, 0) is 29.4 Å². The number of hydrogen-bond donors (Lipinski definition) is 1. The largest absolute Gasteiger partial charge is 0.489 e. The van der Waals surface area contributed by atoms with Crippen molar-refractivity contribution >= 4 is 21.6 Å². The molecule has 7 nitrogen and oxygen atoms in total. The van der Waals surface area contributed by atoms with Crippen molar-refractivity contribution in [3.05, 3.63) is 50.7 Å². The van der Waals surface area contributed by atoms with E-state index in [1.165, 1.54) is 16.7 Å². The molecule has 1 atom stereocenters. The minimum absolute atomic E-state index is 0.00243. The van der Waals surface area contributed by atoms with Crippen molar-refractivity contribution in [1.82, 2.24) is 14.3 Å². The summed E-state index contributed by atoms with van der Waals surface area (Å²) in [5, 5.41) is 0.289. The van der Waals surface area contributed by atoms with Gasteiger partial charge in [0.15, 0.2) is 0 Å². The topological polar surface area (TPSA) is 92.4 Å². The van der Waals surface area contributed by atoms with E-state index in [4.69, 9.17) is 16.3 Å². The molecule has 0 aliphatic carbocycles. The standard InChI is InChI=1S/C16H16ClN3O4S/c1-9-4-10-5-11(6-13(17)15(10)24-9)25(22,23)20-3-2-14-12(7-20)16(21)19-8-18-14/h5-6,8-9H,2-4,7H2,1H3,(H,18,19,21)/t9-/m0/s1. The van der Waals surface area contributed by atoms with Crippen molar-refractivity contribution in [2.75, 3.05) is 6.54 Å². The Morgan fingerprint density at radius 2 is 2.20 bits per heavy atom. The molecule has 1 aromatic carbocycles. The highest BCUT2D eigenvalue weighted by Gasteiger charge is 2.32. The summed E-state index contributed by atoms with van der Waals surface area (Å²) in [6.07, 6.45) is 2.33. The predicted molar refractivity (Wildman–Crippen MR) is 91.4 cm³/mol. The van der Waals surface area contributed by atoms with Gasteiger partial charge in [-0.15, -0.1) is 0 Å². The van der Waals surface area contributed by atoms with Crippen LogP contribution in [0.3, 0.4) is 0 Å². The van der Waals surface area contributed by atoms with E-state index in [2.05, 4.69) is 9.97 Å². The Kier molecular flexibility index (Phi) is 3.86. The average molecular weight is 382 g/mol. The molecule has 0 saturated carbocycles. The van der Waals surface area contributed by atoms with Crippen LogP contribution in [0.15, 0.2) is 28.2 Å². The van der Waals surface area contributed by atoms with E-state index in [1.807, 2.05) is 6.92 Å². The van der Waals surface area contributed by atoms with E-state index in [-0.39, 0.29) is 34.7 Å². The van der Waals surface area contributed by atoms with Gasteiger partial charge in [0.1, 0.15) is 11.9 Å². The molecule has 0 radical (unpaired) electrons. The van der Waals surface area contributed by atoms with Gasteiger partial charge in [0.05, 0.1) is 27.5 Å². The Bertz CT molecular complexity index is 1020. The number of benzene rings is 1. The molecule has 2 aliphatic heterocycles. The first-order valence-corrected chi connectivity index (χ1v) is 9.72. The maximum absolute atomic E-state index is 13.0. The number of halogens is 1. The van der Waals surface area contributed by atoms with Gasteiger partial charge in [-0.2, -0.15) is 4.31 Å². The van der Waals surface area contributed by atoms with Crippen LogP contribution in [0, 0.1) is 0 Å². The molecular formula is C16H16ClN3O4S. The van der Waals surface area contributed by atoms with E-state index in [0.29, 0.717) is 29.8 Å². The number of aromatic nitrogens is 2. The summed E-state index contributed by atoms with van der Waals surface area (Å²) in [6, 6.07) is 3.03. The lowest BCUT2D eigenvalue weighted by molar-refractivity contribution is 0.255. The number of sulfonamides is 1. The Balaban J connectivity index is 1.72. The van der Waals surface area contributed by atoms with Gasteiger partial charge in [-0.25, -0.2) is 13.4 Å². The molecule has 0 bridgehead atoms. The third-order valence-corrected chi connectivity index (χ3v) is 6.63. The first-order valence-electron chi connectivity index (χ1n) is 7.91. The molecule has 0 fully saturated rings. The number of nitrogens with zero attached hydrogens (tertiary/aromatic N) is 2. The zero-order valence-electron chi connectivity index (χ0n) is 13.5. The second-order valence-electron chi connectivity index (χ2n) is 6.27. The van der Waals surface area contributed by atoms with Gasteiger partial charge in [0.2, 0.25) is 10.0 Å². The van der Waals surface area contributed by atoms with Crippen LogP contribution in [0.5, 0.6) is 5.75 Å². The smallest absolute Gasteiger partial charge is 0.255 e. The van der Waals surface area contributed by atoms with Crippen molar-refractivity contribution in [2.45, 2.75) is 37.3 Å². The summed E-state index contributed by atoms with van der Waals surface area (Å²) in [5.41, 5.74) is 1.51. The third-order valence-electron chi connectivity index (χ3n) is 4.53. The second kappa shape index (κ2) is 5.82. The van der Waals surface area contributed by atoms with Crippen LogP contribution in [0.1, 0.15) is 23.7 Å². The van der Waals surface area contributed by atoms with Crippen LogP contribution in [0.4, 0.5) is 0 Å². The van der Waals surface area contributed by atoms with Gasteiger partial charge >= 0.3 is 0 Å². The first-order chi connectivity index (χ1) is 11.9. The SMILES string of the molecule is C[C@H]1Cc2cc(S(=O)(=O)N3CCc4nc[nH]c(=O)c4C3)cc(Cl)c2O1. The lowest BCUT2D eigenvalue weighted by Crippen LogP contribution is -2.39. The molecule has 1 N–H and O–H groups in total. The Morgan fingerprint density at radius 3 is 3.00 bits per heavy atom. The first kappa shape index (κ1) is 16.6. The van der Waals surface area contributed by atoms with Crippen LogP contribution in [0.2, 0.25) is 5.02 Å². The van der Waals surface area contributed by atoms with E-state index in [9.17, 15) is 13.2 Å². The van der Waals surface area contributed by atoms with Crippen LogP contribution in [-0.4, -0.2) is 35.3 Å². The monoisotopic (exact) mass is 381 g/mol. The fraction of sp³-hybridized carbons (Fsp3) is 0.375. The number of aromatic amines is 1. The van der Waals surface area contributed by atoms with Crippen LogP contribution < -0.4 is 10.3 Å². The lowest BCUT2D eigenvalue weighted by Gasteiger charge is -2.26. The minimum atomic E-state index is -3.77. The number of fused-ring (bicyclic) bond motifs is 2. The predicted octanol–water partition coefficient (Wildman–Crippen LogP) is 1.49. The highest BCUT2D eigenvalue weighted by atomic mass is 35.5. The highest BCUT2D eigenvalue weighted by molar-refractivity contribution is 7.89. The molecule has 0 unspecified atom stereocenters. The van der Waals surface area contributed by atoms with Gasteiger partial charge in [-0.3, -0.25) is 4.79 Å². The van der Waals surface area contributed by atoms with Crippen molar-refractivity contribution in [2.24, 2.45) is 0 Å². The zero-order valence-corrected chi connectivity index (χ0v) is 15.0. The number of nitrogens with one attached hydrogen (secondary N) is 1. The molecule has 2 aliphatic rings. The fourth-order valence-electron chi connectivity index (χ4n) is 3.29. The normalized spacial score (nSPS) is 20.0. The molecule has 25 heavy (non-hydrogen) atoms. The Labute approximate surface area is 149 Å². The number of rotatable bonds is 2. The molecule has 4 rings (SSSR count). The molecule has 9 heteroatoms. The van der Waals surface area contributed by atoms with Crippen LogP contribution >= 0.6 is 11.6 Å². The van der Waals surface area contributed by atoms with E-state index in [0.717, 1.165) is 5.56 Å². The molecule has 2 aromatic rings. The van der Waals surface area contributed by atoms with Gasteiger partial charge in [0, 0.05) is 31.5 Å².